The zero-order valence-electron chi connectivity index (χ0n) is 7.49. The van der Waals surface area contributed by atoms with Gasteiger partial charge in [0.25, 0.3) is 0 Å². The molecule has 0 saturated heterocycles. The fourth-order valence-corrected chi connectivity index (χ4v) is 1.34. The van der Waals surface area contributed by atoms with E-state index in [-0.39, 0.29) is 0 Å². The van der Waals surface area contributed by atoms with Gasteiger partial charge in [-0.2, -0.15) is 0 Å². The van der Waals surface area contributed by atoms with Crippen LogP contribution >= 0.6 is 0 Å². The Morgan fingerprint density at radius 2 is 2.15 bits per heavy atom. The summed E-state index contributed by atoms with van der Waals surface area (Å²) in [5.74, 6) is 0.549. The van der Waals surface area contributed by atoms with Crippen LogP contribution in [-0.4, -0.2) is 9.97 Å². The van der Waals surface area contributed by atoms with E-state index in [1.807, 2.05) is 12.1 Å². The molecular formula is C10H11N3. The normalized spacial score (nSPS) is 10.5. The number of hydrogen-bond donors (Lipinski definition) is 1. The number of nitrogens with two attached hydrogens (primary N) is 1. The molecule has 1 heterocycles. The third-order valence-electron chi connectivity index (χ3n) is 2.14. The molecule has 0 unspecified atom stereocenters. The second-order valence-electron chi connectivity index (χ2n) is 2.96. The van der Waals surface area contributed by atoms with Gasteiger partial charge >= 0.3 is 0 Å². The van der Waals surface area contributed by atoms with Crippen molar-refractivity contribution in [3.05, 3.63) is 30.1 Å². The van der Waals surface area contributed by atoms with Gasteiger partial charge in [-0.1, -0.05) is 13.0 Å². The van der Waals surface area contributed by atoms with E-state index in [1.54, 1.807) is 0 Å². The molecule has 0 saturated carbocycles. The van der Waals surface area contributed by atoms with E-state index < -0.39 is 0 Å². The average molecular weight is 173 g/mol. The zero-order valence-corrected chi connectivity index (χ0v) is 7.49. The van der Waals surface area contributed by atoms with Crippen molar-refractivity contribution in [2.24, 2.45) is 0 Å². The predicted molar refractivity (Wildman–Crippen MR) is 53.3 cm³/mol. The van der Waals surface area contributed by atoms with Crippen molar-refractivity contribution < 1.29 is 0 Å². The molecule has 2 N–H and O–H groups in total. The Morgan fingerprint density at radius 1 is 1.31 bits per heavy atom. The summed E-state index contributed by atoms with van der Waals surface area (Å²) in [7, 11) is 0. The molecule has 3 heteroatoms. The number of aromatic nitrogens is 2. The van der Waals surface area contributed by atoms with Crippen LogP contribution in [0, 0.1) is 0 Å². The molecule has 0 spiro atoms. The van der Waals surface area contributed by atoms with Gasteiger partial charge in [-0.3, -0.25) is 0 Å². The van der Waals surface area contributed by atoms with Crippen LogP contribution in [0.2, 0.25) is 0 Å². The minimum atomic E-state index is 0.549. The Hall–Kier alpha value is -1.64. The lowest BCUT2D eigenvalue weighted by molar-refractivity contribution is 1.14. The third kappa shape index (κ3) is 1.33. The third-order valence-corrected chi connectivity index (χ3v) is 2.14. The second-order valence-corrected chi connectivity index (χ2v) is 2.96. The van der Waals surface area contributed by atoms with Crippen LogP contribution in [0.5, 0.6) is 0 Å². The Kier molecular flexibility index (Phi) is 1.85. The molecule has 3 nitrogen and oxygen atoms in total. The Bertz CT molecular complexity index is 437. The monoisotopic (exact) mass is 173 g/mol. The van der Waals surface area contributed by atoms with Gasteiger partial charge in [0.1, 0.15) is 12.1 Å². The highest BCUT2D eigenvalue weighted by Crippen LogP contribution is 2.17. The lowest BCUT2D eigenvalue weighted by Gasteiger charge is -2.01. The van der Waals surface area contributed by atoms with Crippen molar-refractivity contribution in [1.82, 2.24) is 9.97 Å². The Balaban J connectivity index is 2.72. The molecule has 1 aromatic heterocycles. The average Bonchev–Trinajstić information content (AvgIpc) is 2.18. The Labute approximate surface area is 76.6 Å². The van der Waals surface area contributed by atoms with Gasteiger partial charge in [-0.05, 0) is 24.1 Å². The molecule has 0 atom stereocenters. The first-order valence-corrected chi connectivity index (χ1v) is 4.30. The van der Waals surface area contributed by atoms with Gasteiger partial charge in [0, 0.05) is 5.39 Å². The maximum atomic E-state index is 5.70. The van der Waals surface area contributed by atoms with Gasteiger partial charge < -0.3 is 5.73 Å². The van der Waals surface area contributed by atoms with Gasteiger partial charge in [0.05, 0.1) is 5.52 Å². The number of anilines is 1. The minimum Gasteiger partial charge on any atom is -0.383 e. The standard InChI is InChI=1S/C10H11N3/c1-2-7-3-4-8-9(5-7)12-6-13-10(8)11/h3-6H,2H2,1H3,(H2,11,12,13). The molecule has 0 aliphatic carbocycles. The number of aryl methyl sites for hydroxylation is 1. The predicted octanol–water partition coefficient (Wildman–Crippen LogP) is 1.77. The molecular weight excluding hydrogens is 162 g/mol. The summed E-state index contributed by atoms with van der Waals surface area (Å²) in [4.78, 5) is 8.09. The van der Waals surface area contributed by atoms with E-state index >= 15 is 0 Å². The fourth-order valence-electron chi connectivity index (χ4n) is 1.34. The zero-order chi connectivity index (χ0) is 9.26. The van der Waals surface area contributed by atoms with Crippen LogP contribution in [0.3, 0.4) is 0 Å². The smallest absolute Gasteiger partial charge is 0.134 e. The Morgan fingerprint density at radius 3 is 2.92 bits per heavy atom. The summed E-state index contributed by atoms with van der Waals surface area (Å²) in [5.41, 5.74) is 7.89. The summed E-state index contributed by atoms with van der Waals surface area (Å²) in [6.07, 6.45) is 2.51. The van der Waals surface area contributed by atoms with E-state index in [4.69, 9.17) is 5.73 Å². The molecule has 0 radical (unpaired) electrons. The summed E-state index contributed by atoms with van der Waals surface area (Å²) in [5, 5.41) is 0.930. The van der Waals surface area contributed by atoms with Gasteiger partial charge in [0.2, 0.25) is 0 Å². The molecule has 13 heavy (non-hydrogen) atoms. The first-order chi connectivity index (χ1) is 6.31. The highest BCUT2D eigenvalue weighted by Gasteiger charge is 1.99. The lowest BCUT2D eigenvalue weighted by Crippen LogP contribution is -1.93. The van der Waals surface area contributed by atoms with Crippen molar-refractivity contribution >= 4 is 16.7 Å². The largest absolute Gasteiger partial charge is 0.383 e. The lowest BCUT2D eigenvalue weighted by atomic mass is 10.1. The van der Waals surface area contributed by atoms with Crippen molar-refractivity contribution in [2.75, 3.05) is 5.73 Å². The SMILES string of the molecule is CCc1ccc2c(N)ncnc2c1. The van der Waals surface area contributed by atoms with Gasteiger partial charge in [-0.25, -0.2) is 9.97 Å². The molecule has 0 amide bonds. The van der Waals surface area contributed by atoms with Crippen LogP contribution in [-0.2, 0) is 6.42 Å². The first kappa shape index (κ1) is 7.98. The maximum absolute atomic E-state index is 5.70. The molecule has 66 valence electrons. The molecule has 2 aromatic rings. The summed E-state index contributed by atoms with van der Waals surface area (Å²) < 4.78 is 0. The second kappa shape index (κ2) is 3.01. The van der Waals surface area contributed by atoms with Crippen molar-refractivity contribution in [3.63, 3.8) is 0 Å². The van der Waals surface area contributed by atoms with Crippen LogP contribution in [0.4, 0.5) is 5.82 Å². The number of benzene rings is 1. The van der Waals surface area contributed by atoms with Crippen molar-refractivity contribution in [2.45, 2.75) is 13.3 Å². The van der Waals surface area contributed by atoms with Gasteiger partial charge in [-0.15, -0.1) is 0 Å². The van der Waals surface area contributed by atoms with E-state index in [0.717, 1.165) is 17.3 Å². The van der Waals surface area contributed by atoms with Gasteiger partial charge in [0.15, 0.2) is 0 Å². The molecule has 0 aliphatic heterocycles. The topological polar surface area (TPSA) is 51.8 Å². The van der Waals surface area contributed by atoms with E-state index in [2.05, 4.69) is 23.0 Å². The number of rotatable bonds is 1. The number of hydrogen-bond acceptors (Lipinski definition) is 3. The maximum Gasteiger partial charge on any atom is 0.134 e. The van der Waals surface area contributed by atoms with E-state index in [1.165, 1.54) is 11.9 Å². The first-order valence-electron chi connectivity index (χ1n) is 4.30. The number of nitrogen functional groups attached to an aromatic ring is 1. The van der Waals surface area contributed by atoms with Crippen LogP contribution in [0.25, 0.3) is 10.9 Å². The molecule has 0 bridgehead atoms. The van der Waals surface area contributed by atoms with Crippen molar-refractivity contribution in [3.8, 4) is 0 Å². The fraction of sp³-hybridized carbons (Fsp3) is 0.200. The number of nitrogens with zero attached hydrogens (tertiary/aromatic N) is 2. The highest BCUT2D eigenvalue weighted by molar-refractivity contribution is 5.87. The molecule has 2 rings (SSSR count). The van der Waals surface area contributed by atoms with E-state index in [9.17, 15) is 0 Å². The molecule has 0 fully saturated rings. The number of fused-ring (bicyclic) bond motifs is 1. The molecule has 1 aromatic carbocycles. The summed E-state index contributed by atoms with van der Waals surface area (Å²) in [6, 6.07) is 6.08. The minimum absolute atomic E-state index is 0.549. The van der Waals surface area contributed by atoms with Crippen LogP contribution in [0.15, 0.2) is 24.5 Å². The highest BCUT2D eigenvalue weighted by atomic mass is 14.9. The summed E-state index contributed by atoms with van der Waals surface area (Å²) in [6.45, 7) is 2.12. The quantitative estimate of drug-likeness (QED) is 0.715. The van der Waals surface area contributed by atoms with Crippen molar-refractivity contribution in [1.29, 1.82) is 0 Å². The molecule has 0 aliphatic rings. The summed E-state index contributed by atoms with van der Waals surface area (Å²) >= 11 is 0. The van der Waals surface area contributed by atoms with E-state index in [0.29, 0.717) is 5.82 Å². The van der Waals surface area contributed by atoms with Crippen LogP contribution in [0.1, 0.15) is 12.5 Å². The van der Waals surface area contributed by atoms with Crippen LogP contribution < -0.4 is 5.73 Å².